The van der Waals surface area contributed by atoms with E-state index in [1.54, 1.807) is 26.2 Å². The molecule has 0 amide bonds. The smallest absolute Gasteiger partial charge is 0.242 e. The highest BCUT2D eigenvalue weighted by Crippen LogP contribution is 2.47. The SMILES string of the molecule is CCNC(=NCc1ccccc1S(=O)(=O)N(C)C)NCC1(c2ccccc2)CC1.I. The molecule has 3 rings (SSSR count). The van der Waals surface area contributed by atoms with Crippen LogP contribution in [0.4, 0.5) is 0 Å². The van der Waals surface area contributed by atoms with Crippen LogP contribution in [0.5, 0.6) is 0 Å². The van der Waals surface area contributed by atoms with Gasteiger partial charge in [-0.1, -0.05) is 48.5 Å². The molecule has 2 aromatic rings. The predicted octanol–water partition coefficient (Wildman–Crippen LogP) is 3.34. The molecule has 8 heteroatoms. The molecule has 1 fully saturated rings. The third-order valence-electron chi connectivity index (χ3n) is 5.32. The third-order valence-corrected chi connectivity index (χ3v) is 7.23. The summed E-state index contributed by atoms with van der Waals surface area (Å²) >= 11 is 0. The number of nitrogens with one attached hydrogen (secondary N) is 2. The van der Waals surface area contributed by atoms with Crippen LogP contribution in [0.25, 0.3) is 0 Å². The summed E-state index contributed by atoms with van der Waals surface area (Å²) in [5.74, 6) is 0.701. The number of sulfonamides is 1. The second kappa shape index (κ2) is 10.6. The van der Waals surface area contributed by atoms with Crippen LogP contribution < -0.4 is 10.6 Å². The lowest BCUT2D eigenvalue weighted by Gasteiger charge is -2.19. The van der Waals surface area contributed by atoms with Gasteiger partial charge < -0.3 is 10.6 Å². The van der Waals surface area contributed by atoms with E-state index in [1.807, 2.05) is 25.1 Å². The summed E-state index contributed by atoms with van der Waals surface area (Å²) < 4.78 is 26.4. The van der Waals surface area contributed by atoms with Gasteiger partial charge in [0.2, 0.25) is 10.0 Å². The first-order valence-corrected chi connectivity index (χ1v) is 11.4. The number of hydrogen-bond donors (Lipinski definition) is 2. The number of aliphatic imine (C=N–C) groups is 1. The van der Waals surface area contributed by atoms with Gasteiger partial charge in [-0.25, -0.2) is 17.7 Å². The molecule has 0 bridgehead atoms. The summed E-state index contributed by atoms with van der Waals surface area (Å²) in [4.78, 5) is 4.95. The van der Waals surface area contributed by atoms with Gasteiger partial charge in [-0.3, -0.25) is 0 Å². The molecule has 0 aliphatic heterocycles. The fraction of sp³-hybridized carbons (Fsp3) is 0.409. The fourth-order valence-electron chi connectivity index (χ4n) is 3.35. The molecule has 1 saturated carbocycles. The molecule has 0 atom stereocenters. The average molecular weight is 542 g/mol. The van der Waals surface area contributed by atoms with Crippen LogP contribution in [0.1, 0.15) is 30.9 Å². The van der Waals surface area contributed by atoms with Crippen molar-refractivity contribution in [3.05, 3.63) is 65.7 Å². The average Bonchev–Trinajstić information content (AvgIpc) is 3.52. The standard InChI is InChI=1S/C22H30N4O2S.HI/c1-4-23-21(25-17-22(14-15-22)19-11-6-5-7-12-19)24-16-18-10-8-9-13-20(18)29(27,28)26(2)3;/h5-13H,4,14-17H2,1-3H3,(H2,23,24,25);1H. The van der Waals surface area contributed by atoms with Crippen LogP contribution in [0.3, 0.4) is 0 Å². The maximum absolute atomic E-state index is 12.6. The van der Waals surface area contributed by atoms with Crippen LogP contribution >= 0.6 is 24.0 Å². The normalized spacial score (nSPS) is 15.4. The van der Waals surface area contributed by atoms with E-state index in [2.05, 4.69) is 39.9 Å². The maximum atomic E-state index is 12.6. The number of rotatable bonds is 8. The third kappa shape index (κ3) is 5.73. The highest BCUT2D eigenvalue weighted by molar-refractivity contribution is 14.0. The Morgan fingerprint density at radius 3 is 2.27 bits per heavy atom. The van der Waals surface area contributed by atoms with Crippen molar-refractivity contribution in [3.8, 4) is 0 Å². The van der Waals surface area contributed by atoms with Crippen molar-refractivity contribution in [2.75, 3.05) is 27.2 Å². The number of halogens is 1. The lowest BCUT2D eigenvalue weighted by atomic mass is 9.96. The van der Waals surface area contributed by atoms with Gasteiger partial charge in [0.1, 0.15) is 0 Å². The Labute approximate surface area is 197 Å². The minimum absolute atomic E-state index is 0. The first-order valence-electron chi connectivity index (χ1n) is 9.97. The molecule has 0 radical (unpaired) electrons. The Morgan fingerprint density at radius 1 is 1.03 bits per heavy atom. The zero-order chi connectivity index (χ0) is 20.9. The molecule has 0 unspecified atom stereocenters. The first-order chi connectivity index (χ1) is 13.9. The van der Waals surface area contributed by atoms with E-state index in [1.165, 1.54) is 9.87 Å². The van der Waals surface area contributed by atoms with E-state index in [0.717, 1.165) is 25.9 Å². The van der Waals surface area contributed by atoms with Crippen LogP contribution in [0.15, 0.2) is 64.5 Å². The summed E-state index contributed by atoms with van der Waals surface area (Å²) in [5.41, 5.74) is 2.21. The van der Waals surface area contributed by atoms with Crippen LogP contribution in [0.2, 0.25) is 0 Å². The molecule has 164 valence electrons. The van der Waals surface area contributed by atoms with Gasteiger partial charge >= 0.3 is 0 Å². The van der Waals surface area contributed by atoms with Crippen molar-refractivity contribution >= 4 is 40.0 Å². The van der Waals surface area contributed by atoms with Crippen molar-refractivity contribution in [1.29, 1.82) is 0 Å². The second-order valence-corrected chi connectivity index (χ2v) is 9.71. The zero-order valence-corrected chi connectivity index (χ0v) is 20.9. The summed E-state index contributed by atoms with van der Waals surface area (Å²) in [7, 11) is -0.423. The lowest BCUT2D eigenvalue weighted by Crippen LogP contribution is -2.41. The molecular weight excluding hydrogens is 511 g/mol. The number of benzene rings is 2. The zero-order valence-electron chi connectivity index (χ0n) is 17.8. The molecule has 2 aromatic carbocycles. The molecule has 30 heavy (non-hydrogen) atoms. The summed E-state index contributed by atoms with van der Waals surface area (Å²) in [6.45, 7) is 3.85. The van der Waals surface area contributed by atoms with Gasteiger partial charge in [0, 0.05) is 32.6 Å². The Kier molecular flexibility index (Phi) is 8.69. The number of hydrogen-bond acceptors (Lipinski definition) is 3. The minimum Gasteiger partial charge on any atom is -0.357 e. The van der Waals surface area contributed by atoms with Gasteiger partial charge in [0.05, 0.1) is 11.4 Å². The molecular formula is C22H31IN4O2S. The monoisotopic (exact) mass is 542 g/mol. The number of nitrogens with zero attached hydrogens (tertiary/aromatic N) is 2. The van der Waals surface area contributed by atoms with Gasteiger partial charge in [0.25, 0.3) is 0 Å². The predicted molar refractivity (Wildman–Crippen MR) is 133 cm³/mol. The van der Waals surface area contributed by atoms with Gasteiger partial charge in [-0.05, 0) is 37.0 Å². The molecule has 0 aromatic heterocycles. The highest BCUT2D eigenvalue weighted by Gasteiger charge is 2.44. The first kappa shape index (κ1) is 24.6. The molecule has 1 aliphatic carbocycles. The van der Waals surface area contributed by atoms with E-state index in [0.29, 0.717) is 16.4 Å². The molecule has 0 spiro atoms. The van der Waals surface area contributed by atoms with E-state index in [4.69, 9.17) is 0 Å². The van der Waals surface area contributed by atoms with Crippen molar-refractivity contribution in [2.45, 2.75) is 36.6 Å². The Balaban J connectivity index is 0.00000320. The van der Waals surface area contributed by atoms with Crippen molar-refractivity contribution in [3.63, 3.8) is 0 Å². The number of guanidine groups is 1. The van der Waals surface area contributed by atoms with Gasteiger partial charge in [-0.2, -0.15) is 0 Å². The van der Waals surface area contributed by atoms with Crippen molar-refractivity contribution in [1.82, 2.24) is 14.9 Å². The minimum atomic E-state index is -3.51. The molecule has 1 aliphatic rings. The Bertz CT molecular complexity index is 958. The van der Waals surface area contributed by atoms with Gasteiger partial charge in [0.15, 0.2) is 5.96 Å². The Morgan fingerprint density at radius 2 is 1.67 bits per heavy atom. The van der Waals surface area contributed by atoms with E-state index < -0.39 is 10.0 Å². The topological polar surface area (TPSA) is 73.8 Å². The molecule has 6 nitrogen and oxygen atoms in total. The second-order valence-electron chi connectivity index (χ2n) is 7.59. The van der Waals surface area contributed by atoms with Crippen molar-refractivity contribution in [2.24, 2.45) is 4.99 Å². The maximum Gasteiger partial charge on any atom is 0.242 e. The van der Waals surface area contributed by atoms with Crippen LogP contribution in [0, 0.1) is 0 Å². The quantitative estimate of drug-likeness (QED) is 0.305. The molecule has 0 heterocycles. The van der Waals surface area contributed by atoms with Crippen LogP contribution in [-0.2, 0) is 22.0 Å². The summed E-state index contributed by atoms with van der Waals surface area (Å²) in [6, 6.07) is 17.6. The largest absolute Gasteiger partial charge is 0.357 e. The Hall–Kier alpha value is -1.65. The van der Waals surface area contributed by atoms with Gasteiger partial charge in [-0.15, -0.1) is 24.0 Å². The van der Waals surface area contributed by atoms with E-state index >= 15 is 0 Å². The summed E-state index contributed by atoms with van der Waals surface area (Å²) in [6.07, 6.45) is 2.32. The van der Waals surface area contributed by atoms with E-state index in [9.17, 15) is 8.42 Å². The summed E-state index contributed by atoms with van der Waals surface area (Å²) in [5, 5.41) is 6.72. The molecule has 2 N–H and O–H groups in total. The highest BCUT2D eigenvalue weighted by atomic mass is 127. The lowest BCUT2D eigenvalue weighted by molar-refractivity contribution is 0.519. The van der Waals surface area contributed by atoms with Crippen molar-refractivity contribution < 1.29 is 8.42 Å². The van der Waals surface area contributed by atoms with E-state index in [-0.39, 0.29) is 35.9 Å². The fourth-order valence-corrected chi connectivity index (χ4v) is 4.46. The molecule has 0 saturated heterocycles. The van der Waals surface area contributed by atoms with Crippen LogP contribution in [-0.4, -0.2) is 45.9 Å².